The molecule has 0 N–H and O–H groups in total. The topological polar surface area (TPSA) is 26.3 Å². The third kappa shape index (κ3) is 8.34. The zero-order chi connectivity index (χ0) is 14.9. The molecule has 0 aliphatic heterocycles. The van der Waals surface area contributed by atoms with E-state index in [2.05, 4.69) is 11.3 Å². The Balaban J connectivity index is 4.04. The summed E-state index contributed by atoms with van der Waals surface area (Å²) in [4.78, 5) is 11.0. The number of carbonyl (C=O) groups is 1. The van der Waals surface area contributed by atoms with E-state index in [0.29, 0.717) is 12.8 Å². The lowest BCUT2D eigenvalue weighted by Gasteiger charge is -2.10. The van der Waals surface area contributed by atoms with Gasteiger partial charge < -0.3 is 4.74 Å². The van der Waals surface area contributed by atoms with Gasteiger partial charge in [0.15, 0.2) is 0 Å². The molecule has 0 aromatic carbocycles. The van der Waals surface area contributed by atoms with Crippen molar-refractivity contribution < 1.29 is 31.5 Å². The molecule has 0 atom stereocenters. The van der Waals surface area contributed by atoms with Gasteiger partial charge in [0.1, 0.15) is 0 Å². The molecule has 0 unspecified atom stereocenters. The first-order chi connectivity index (χ1) is 8.79. The molecule has 0 rings (SSSR count). The van der Waals surface area contributed by atoms with Crippen LogP contribution in [0.3, 0.4) is 0 Å². The normalized spacial score (nSPS) is 11.0. The van der Waals surface area contributed by atoms with Crippen molar-refractivity contribution in [3.63, 3.8) is 0 Å². The number of hydrogen-bond donors (Lipinski definition) is 0. The van der Waals surface area contributed by atoms with Gasteiger partial charge in [-0.15, -0.1) is 6.58 Å². The molecule has 19 heavy (non-hydrogen) atoms. The molecule has 0 amide bonds. The SMILES string of the molecule is C=CCCCCCCC(=O)OC(=C(F)F)C(F)(F)F. The Morgan fingerprint density at radius 1 is 1.11 bits per heavy atom. The highest BCUT2D eigenvalue weighted by atomic mass is 19.4. The van der Waals surface area contributed by atoms with Crippen LogP contribution in [-0.4, -0.2) is 12.1 Å². The standard InChI is InChI=1S/C12H15F5O2/c1-2-3-4-5-6-7-8-9(18)19-10(11(13)14)12(15,16)17/h2H,1,3-8H2. The molecule has 0 fully saturated rings. The number of rotatable bonds is 8. The number of halogens is 5. The van der Waals surface area contributed by atoms with Gasteiger partial charge in [0, 0.05) is 6.42 Å². The lowest BCUT2D eigenvalue weighted by molar-refractivity contribution is -0.163. The number of allylic oxidation sites excluding steroid dienone is 2. The number of unbranched alkanes of at least 4 members (excludes halogenated alkanes) is 4. The second kappa shape index (κ2) is 8.66. The largest absolute Gasteiger partial charge is 0.455 e. The van der Waals surface area contributed by atoms with Gasteiger partial charge in [-0.1, -0.05) is 18.9 Å². The molecule has 0 aromatic heterocycles. The summed E-state index contributed by atoms with van der Waals surface area (Å²) in [6.07, 6.45) is -3.60. The Bertz CT molecular complexity index is 330. The van der Waals surface area contributed by atoms with Gasteiger partial charge in [-0.25, -0.2) is 0 Å². The van der Waals surface area contributed by atoms with E-state index in [9.17, 15) is 26.7 Å². The molecule has 0 radical (unpaired) electrons. The van der Waals surface area contributed by atoms with Gasteiger partial charge in [0.05, 0.1) is 0 Å². The van der Waals surface area contributed by atoms with Crippen LogP contribution >= 0.6 is 0 Å². The number of carbonyl (C=O) groups excluding carboxylic acids is 1. The maximum Gasteiger partial charge on any atom is 0.455 e. The van der Waals surface area contributed by atoms with Gasteiger partial charge in [-0.3, -0.25) is 4.79 Å². The number of esters is 1. The summed E-state index contributed by atoms with van der Waals surface area (Å²) in [5.41, 5.74) is 0. The van der Waals surface area contributed by atoms with Crippen molar-refractivity contribution in [3.05, 3.63) is 24.5 Å². The van der Waals surface area contributed by atoms with Gasteiger partial charge >= 0.3 is 18.2 Å². The van der Waals surface area contributed by atoms with E-state index < -0.39 is 24.0 Å². The molecule has 0 spiro atoms. The van der Waals surface area contributed by atoms with E-state index in [1.807, 2.05) is 0 Å². The minimum absolute atomic E-state index is 0.301. The quantitative estimate of drug-likeness (QED) is 0.212. The van der Waals surface area contributed by atoms with Crippen LogP contribution in [0.25, 0.3) is 0 Å². The van der Waals surface area contributed by atoms with Crippen LogP contribution in [0.4, 0.5) is 22.0 Å². The molecule has 0 bridgehead atoms. The summed E-state index contributed by atoms with van der Waals surface area (Å²) in [5.74, 6) is -3.83. The minimum atomic E-state index is -5.36. The first-order valence-electron chi connectivity index (χ1n) is 5.73. The molecule has 110 valence electrons. The van der Waals surface area contributed by atoms with Crippen LogP contribution in [0.15, 0.2) is 24.5 Å². The third-order valence-corrected chi connectivity index (χ3v) is 2.18. The molecule has 0 aliphatic carbocycles. The summed E-state index contributed by atoms with van der Waals surface area (Å²) >= 11 is 0. The number of hydrogen-bond acceptors (Lipinski definition) is 2. The zero-order valence-electron chi connectivity index (χ0n) is 10.2. The van der Waals surface area contributed by atoms with Crippen molar-refractivity contribution in [2.75, 3.05) is 0 Å². The highest BCUT2D eigenvalue weighted by Crippen LogP contribution is 2.30. The Kier molecular flexibility index (Phi) is 8.02. The van der Waals surface area contributed by atoms with Crippen LogP contribution in [0.1, 0.15) is 38.5 Å². The Morgan fingerprint density at radius 3 is 2.16 bits per heavy atom. The second-order valence-electron chi connectivity index (χ2n) is 3.80. The fourth-order valence-electron chi connectivity index (χ4n) is 1.28. The Morgan fingerprint density at radius 2 is 1.68 bits per heavy atom. The highest BCUT2D eigenvalue weighted by Gasteiger charge is 2.41. The maximum atomic E-state index is 12.0. The van der Waals surface area contributed by atoms with Crippen molar-refractivity contribution in [2.45, 2.75) is 44.7 Å². The van der Waals surface area contributed by atoms with Crippen LogP contribution in [-0.2, 0) is 9.53 Å². The monoisotopic (exact) mass is 286 g/mol. The van der Waals surface area contributed by atoms with Gasteiger partial charge in [0.2, 0.25) is 0 Å². The fourth-order valence-corrected chi connectivity index (χ4v) is 1.28. The van der Waals surface area contributed by atoms with Crippen molar-refractivity contribution >= 4 is 5.97 Å². The Hall–Kier alpha value is -1.40. The van der Waals surface area contributed by atoms with Gasteiger partial charge in [0.25, 0.3) is 5.76 Å². The van der Waals surface area contributed by atoms with Crippen molar-refractivity contribution in [1.29, 1.82) is 0 Å². The summed E-state index contributed by atoms with van der Waals surface area (Å²) < 4.78 is 63.7. The fraction of sp³-hybridized carbons (Fsp3) is 0.583. The predicted molar refractivity (Wildman–Crippen MR) is 59.3 cm³/mol. The average molecular weight is 286 g/mol. The van der Waals surface area contributed by atoms with Gasteiger partial charge in [-0.2, -0.15) is 22.0 Å². The third-order valence-electron chi connectivity index (χ3n) is 2.18. The summed E-state index contributed by atoms with van der Waals surface area (Å²) in [7, 11) is 0. The summed E-state index contributed by atoms with van der Waals surface area (Å²) in [6, 6.07) is 0. The van der Waals surface area contributed by atoms with Crippen molar-refractivity contribution in [2.24, 2.45) is 0 Å². The number of ether oxygens (including phenoxy) is 1. The van der Waals surface area contributed by atoms with Crippen LogP contribution in [0.2, 0.25) is 0 Å². The molecular weight excluding hydrogens is 271 g/mol. The molecule has 0 aromatic rings. The summed E-state index contributed by atoms with van der Waals surface area (Å²) in [5, 5.41) is 0. The molecule has 0 saturated carbocycles. The van der Waals surface area contributed by atoms with E-state index in [1.165, 1.54) is 0 Å². The first kappa shape index (κ1) is 17.6. The van der Waals surface area contributed by atoms with E-state index in [-0.39, 0.29) is 6.42 Å². The van der Waals surface area contributed by atoms with Crippen LogP contribution < -0.4 is 0 Å². The molecule has 0 heterocycles. The predicted octanol–water partition coefficient (Wildman–Crippen LogP) is 4.73. The van der Waals surface area contributed by atoms with E-state index in [1.54, 1.807) is 6.08 Å². The lowest BCUT2D eigenvalue weighted by atomic mass is 10.1. The molecular formula is C12H15F5O2. The second-order valence-corrected chi connectivity index (χ2v) is 3.80. The first-order valence-corrected chi connectivity index (χ1v) is 5.73. The average Bonchev–Trinajstić information content (AvgIpc) is 2.28. The van der Waals surface area contributed by atoms with E-state index in [4.69, 9.17) is 0 Å². The van der Waals surface area contributed by atoms with Crippen molar-refractivity contribution in [1.82, 2.24) is 0 Å². The Labute approximate surface area is 107 Å². The van der Waals surface area contributed by atoms with Crippen LogP contribution in [0, 0.1) is 0 Å². The highest BCUT2D eigenvalue weighted by molar-refractivity contribution is 5.70. The zero-order valence-corrected chi connectivity index (χ0v) is 10.2. The lowest BCUT2D eigenvalue weighted by Crippen LogP contribution is -2.19. The molecule has 2 nitrogen and oxygen atoms in total. The van der Waals surface area contributed by atoms with Crippen molar-refractivity contribution in [3.8, 4) is 0 Å². The molecule has 7 heteroatoms. The molecule has 0 saturated heterocycles. The number of alkyl halides is 3. The van der Waals surface area contributed by atoms with Crippen LogP contribution in [0.5, 0.6) is 0 Å². The molecule has 0 aliphatic rings. The smallest absolute Gasteiger partial charge is 0.415 e. The van der Waals surface area contributed by atoms with E-state index in [0.717, 1.165) is 19.3 Å². The van der Waals surface area contributed by atoms with E-state index >= 15 is 0 Å². The minimum Gasteiger partial charge on any atom is -0.415 e. The maximum absolute atomic E-state index is 12.0. The summed E-state index contributed by atoms with van der Waals surface area (Å²) in [6.45, 7) is 3.52. The van der Waals surface area contributed by atoms with Gasteiger partial charge in [-0.05, 0) is 19.3 Å².